The fourth-order valence-electron chi connectivity index (χ4n) is 2.79. The number of hydrogen-bond donors (Lipinski definition) is 2. The van der Waals surface area contributed by atoms with Crippen molar-refractivity contribution in [2.45, 2.75) is 31.7 Å². The van der Waals surface area contributed by atoms with Crippen LogP contribution in [0.25, 0.3) is 0 Å². The number of nitrogens with two attached hydrogens (primary N) is 1. The van der Waals surface area contributed by atoms with Crippen LogP contribution >= 0.6 is 23.7 Å². The van der Waals surface area contributed by atoms with Gasteiger partial charge in [0, 0.05) is 11.8 Å². The number of carbonyl (C=O) groups excluding carboxylic acids is 1. The van der Waals surface area contributed by atoms with Crippen molar-refractivity contribution in [1.29, 1.82) is 0 Å². The van der Waals surface area contributed by atoms with Gasteiger partial charge in [-0.05, 0) is 43.0 Å². The second kappa shape index (κ2) is 8.55. The molecule has 24 heavy (non-hydrogen) atoms. The van der Waals surface area contributed by atoms with E-state index >= 15 is 0 Å². The molecule has 1 aromatic heterocycles. The van der Waals surface area contributed by atoms with Crippen molar-refractivity contribution in [3.8, 4) is 0 Å². The van der Waals surface area contributed by atoms with Gasteiger partial charge in [-0.25, -0.2) is 9.37 Å². The molecule has 0 spiro atoms. The second-order valence-electron chi connectivity index (χ2n) is 5.86. The van der Waals surface area contributed by atoms with Gasteiger partial charge in [0.2, 0.25) is 0 Å². The Morgan fingerprint density at radius 1 is 1.38 bits per heavy atom. The van der Waals surface area contributed by atoms with E-state index in [1.54, 1.807) is 17.5 Å². The molecule has 1 fully saturated rings. The summed E-state index contributed by atoms with van der Waals surface area (Å²) in [7, 11) is 0. The lowest BCUT2D eigenvalue weighted by atomic mass is 9.77. The maximum atomic E-state index is 13.1. The van der Waals surface area contributed by atoms with Gasteiger partial charge in [0.05, 0.1) is 11.0 Å². The molecule has 2 aromatic rings. The van der Waals surface area contributed by atoms with Crippen LogP contribution in [-0.4, -0.2) is 17.4 Å². The minimum absolute atomic E-state index is 0. The van der Waals surface area contributed by atoms with Crippen molar-refractivity contribution < 1.29 is 9.18 Å². The fourth-order valence-corrected chi connectivity index (χ4v) is 3.58. The van der Waals surface area contributed by atoms with E-state index in [2.05, 4.69) is 10.3 Å². The van der Waals surface area contributed by atoms with Gasteiger partial charge in [0.15, 0.2) is 0 Å². The summed E-state index contributed by atoms with van der Waals surface area (Å²) in [5.41, 5.74) is 6.90. The maximum absolute atomic E-state index is 13.1. The van der Waals surface area contributed by atoms with Crippen molar-refractivity contribution in [3.05, 3.63) is 51.7 Å². The molecule has 0 aliphatic heterocycles. The summed E-state index contributed by atoms with van der Waals surface area (Å²) in [5, 5.41) is 5.72. The number of halogens is 2. The maximum Gasteiger partial charge on any atom is 0.271 e. The highest BCUT2D eigenvalue weighted by Gasteiger charge is 2.30. The summed E-state index contributed by atoms with van der Waals surface area (Å²) < 4.78 is 13.1. The van der Waals surface area contributed by atoms with Crippen molar-refractivity contribution in [3.63, 3.8) is 0 Å². The average molecular weight is 370 g/mol. The van der Waals surface area contributed by atoms with Crippen LogP contribution in [0.4, 0.5) is 4.39 Å². The van der Waals surface area contributed by atoms with Crippen LogP contribution in [-0.2, 0) is 6.42 Å². The summed E-state index contributed by atoms with van der Waals surface area (Å²) in [4.78, 5) is 16.8. The van der Waals surface area contributed by atoms with Gasteiger partial charge in [0.25, 0.3) is 5.91 Å². The molecule has 4 nitrogen and oxygen atoms in total. The van der Waals surface area contributed by atoms with Crippen molar-refractivity contribution in [2.24, 2.45) is 11.7 Å². The standard InChI is InChI=1S/C17H20FN3OS.ClH/c18-13-6-4-12(5-7-13)16(11-2-1-3-11)21-17(22)14-10-23-15(20-14)8-9-19;/h4-7,10-11,16H,1-3,8-9,19H2,(H,21,22);1H. The molecule has 1 atom stereocenters. The SMILES string of the molecule is Cl.NCCc1nc(C(=O)NC(c2ccc(F)cc2)C2CCC2)cs1. The molecule has 0 bridgehead atoms. The van der Waals surface area contributed by atoms with E-state index in [1.165, 1.54) is 29.9 Å². The van der Waals surface area contributed by atoms with Crippen LogP contribution in [0.15, 0.2) is 29.6 Å². The topological polar surface area (TPSA) is 68.0 Å². The normalized spacial score (nSPS) is 15.2. The molecule has 1 unspecified atom stereocenters. The predicted octanol–water partition coefficient (Wildman–Crippen LogP) is 3.48. The molecule has 1 aliphatic carbocycles. The monoisotopic (exact) mass is 369 g/mol. The van der Waals surface area contributed by atoms with E-state index in [9.17, 15) is 9.18 Å². The van der Waals surface area contributed by atoms with Crippen LogP contribution in [0.1, 0.15) is 46.4 Å². The summed E-state index contributed by atoms with van der Waals surface area (Å²) in [6.45, 7) is 0.523. The van der Waals surface area contributed by atoms with E-state index in [4.69, 9.17) is 5.73 Å². The van der Waals surface area contributed by atoms with Gasteiger partial charge in [-0.1, -0.05) is 18.6 Å². The number of aromatic nitrogens is 1. The van der Waals surface area contributed by atoms with Gasteiger partial charge in [0.1, 0.15) is 11.5 Å². The number of nitrogens with zero attached hydrogens (tertiary/aromatic N) is 1. The number of hydrogen-bond acceptors (Lipinski definition) is 4. The first kappa shape index (κ1) is 18.8. The van der Waals surface area contributed by atoms with E-state index in [0.29, 0.717) is 24.6 Å². The molecule has 0 radical (unpaired) electrons. The number of rotatable bonds is 6. The minimum Gasteiger partial charge on any atom is -0.344 e. The zero-order valence-electron chi connectivity index (χ0n) is 13.2. The Morgan fingerprint density at radius 2 is 2.08 bits per heavy atom. The molecule has 3 N–H and O–H groups in total. The predicted molar refractivity (Wildman–Crippen MR) is 96.1 cm³/mol. The van der Waals surface area contributed by atoms with Crippen molar-refractivity contribution >= 4 is 29.7 Å². The molecule has 0 saturated heterocycles. The van der Waals surface area contributed by atoms with Crippen LogP contribution < -0.4 is 11.1 Å². The highest BCUT2D eigenvalue weighted by Crippen LogP contribution is 2.37. The zero-order chi connectivity index (χ0) is 16.2. The first-order valence-corrected chi connectivity index (χ1v) is 8.76. The quantitative estimate of drug-likeness (QED) is 0.819. The van der Waals surface area contributed by atoms with E-state index in [0.717, 1.165) is 23.4 Å². The number of carbonyl (C=O) groups is 1. The third kappa shape index (κ3) is 4.32. The number of thiazole rings is 1. The molecule has 7 heteroatoms. The van der Waals surface area contributed by atoms with Crippen LogP contribution in [0, 0.1) is 11.7 Å². The molecular weight excluding hydrogens is 349 g/mol. The molecule has 1 amide bonds. The van der Waals surface area contributed by atoms with E-state index in [-0.39, 0.29) is 30.2 Å². The Bertz CT molecular complexity index is 673. The minimum atomic E-state index is -0.265. The molecule has 1 heterocycles. The highest BCUT2D eigenvalue weighted by molar-refractivity contribution is 7.09. The Morgan fingerprint density at radius 3 is 2.67 bits per heavy atom. The van der Waals surface area contributed by atoms with Crippen LogP contribution in [0.5, 0.6) is 0 Å². The van der Waals surface area contributed by atoms with Gasteiger partial charge in [-0.2, -0.15) is 0 Å². The molecule has 3 rings (SSSR count). The summed E-state index contributed by atoms with van der Waals surface area (Å²) >= 11 is 1.45. The largest absolute Gasteiger partial charge is 0.344 e. The summed E-state index contributed by atoms with van der Waals surface area (Å²) in [6, 6.07) is 6.29. The molecule has 1 aliphatic rings. The lowest BCUT2D eigenvalue weighted by molar-refractivity contribution is 0.0896. The first-order valence-electron chi connectivity index (χ1n) is 7.88. The molecule has 130 valence electrons. The zero-order valence-corrected chi connectivity index (χ0v) is 14.8. The Labute approximate surface area is 151 Å². The van der Waals surface area contributed by atoms with Gasteiger partial charge >= 0.3 is 0 Å². The van der Waals surface area contributed by atoms with E-state index < -0.39 is 0 Å². The smallest absolute Gasteiger partial charge is 0.271 e. The molecular formula is C17H21ClFN3OS. The summed E-state index contributed by atoms with van der Waals surface area (Å²) in [6.07, 6.45) is 4.02. The number of nitrogens with one attached hydrogen (secondary N) is 1. The highest BCUT2D eigenvalue weighted by atomic mass is 35.5. The van der Waals surface area contributed by atoms with Crippen molar-refractivity contribution in [1.82, 2.24) is 10.3 Å². The molecule has 1 aromatic carbocycles. The first-order chi connectivity index (χ1) is 11.2. The number of amides is 1. The average Bonchev–Trinajstić information content (AvgIpc) is 2.95. The summed E-state index contributed by atoms with van der Waals surface area (Å²) in [5.74, 6) is -0.0318. The lowest BCUT2D eigenvalue weighted by Gasteiger charge is -2.34. The fraction of sp³-hybridized carbons (Fsp3) is 0.412. The van der Waals surface area contributed by atoms with Gasteiger partial charge < -0.3 is 11.1 Å². The van der Waals surface area contributed by atoms with Crippen LogP contribution in [0.2, 0.25) is 0 Å². The van der Waals surface area contributed by atoms with Gasteiger partial charge in [-0.15, -0.1) is 23.7 Å². The molecule has 1 saturated carbocycles. The number of benzene rings is 1. The third-order valence-corrected chi connectivity index (χ3v) is 5.19. The Balaban J connectivity index is 0.00000208. The van der Waals surface area contributed by atoms with E-state index in [1.807, 2.05) is 0 Å². The van der Waals surface area contributed by atoms with Crippen LogP contribution in [0.3, 0.4) is 0 Å². The lowest BCUT2D eigenvalue weighted by Crippen LogP contribution is -2.36. The van der Waals surface area contributed by atoms with Crippen molar-refractivity contribution in [2.75, 3.05) is 6.54 Å². The second-order valence-corrected chi connectivity index (χ2v) is 6.80. The third-order valence-electron chi connectivity index (χ3n) is 4.28. The Kier molecular flexibility index (Phi) is 6.71. The van der Waals surface area contributed by atoms with Gasteiger partial charge in [-0.3, -0.25) is 4.79 Å². The Hall–Kier alpha value is -1.50.